The fourth-order valence-corrected chi connectivity index (χ4v) is 3.96. The van der Waals surface area contributed by atoms with Gasteiger partial charge in [-0.25, -0.2) is 0 Å². The van der Waals surface area contributed by atoms with Crippen LogP contribution in [0.3, 0.4) is 0 Å². The highest BCUT2D eigenvalue weighted by atomic mass is 16.5. The summed E-state index contributed by atoms with van der Waals surface area (Å²) in [7, 11) is 0. The number of rotatable bonds is 6. The number of hydrogen-bond acceptors (Lipinski definition) is 5. The van der Waals surface area contributed by atoms with E-state index in [0.29, 0.717) is 19.3 Å². The number of esters is 2. The van der Waals surface area contributed by atoms with E-state index in [-0.39, 0.29) is 31.3 Å². The number of carbonyl (C=O) groups excluding carboxylic acids is 3. The highest BCUT2D eigenvalue weighted by Gasteiger charge is 2.54. The molecule has 1 unspecified atom stereocenters. The van der Waals surface area contributed by atoms with E-state index in [4.69, 9.17) is 9.47 Å². The molecule has 3 atom stereocenters. The predicted octanol–water partition coefficient (Wildman–Crippen LogP) is 2.43. The molecule has 0 aromatic heterocycles. The van der Waals surface area contributed by atoms with E-state index in [9.17, 15) is 14.4 Å². The lowest BCUT2D eigenvalue weighted by Crippen LogP contribution is -2.40. The molecule has 2 fully saturated rings. The summed E-state index contributed by atoms with van der Waals surface area (Å²) in [6.45, 7) is 8.05. The first-order chi connectivity index (χ1) is 10.4. The molecule has 2 bridgehead atoms. The van der Waals surface area contributed by atoms with E-state index in [0.717, 1.165) is 12.0 Å². The van der Waals surface area contributed by atoms with Gasteiger partial charge >= 0.3 is 11.9 Å². The van der Waals surface area contributed by atoms with Crippen molar-refractivity contribution in [2.45, 2.75) is 46.0 Å². The number of fused-ring (bicyclic) bond motifs is 2. The predicted molar refractivity (Wildman–Crippen MR) is 79.9 cm³/mol. The highest BCUT2D eigenvalue weighted by Crippen LogP contribution is 2.57. The van der Waals surface area contributed by atoms with Crippen LogP contribution in [0.15, 0.2) is 12.2 Å². The van der Waals surface area contributed by atoms with Crippen LogP contribution in [0.1, 0.15) is 46.0 Å². The number of carbonyl (C=O) groups is 3. The van der Waals surface area contributed by atoms with E-state index in [1.807, 2.05) is 0 Å². The van der Waals surface area contributed by atoms with E-state index in [1.54, 1.807) is 13.8 Å². The molecular formula is C17H24O5. The Bertz CT molecular complexity index is 491. The van der Waals surface area contributed by atoms with Crippen molar-refractivity contribution in [3.8, 4) is 0 Å². The normalized spacial score (nSPS) is 28.4. The highest BCUT2D eigenvalue weighted by molar-refractivity contribution is 5.85. The monoisotopic (exact) mass is 308 g/mol. The molecule has 5 heteroatoms. The number of hydrogen-bond donors (Lipinski definition) is 0. The third-order valence-electron chi connectivity index (χ3n) is 4.82. The van der Waals surface area contributed by atoms with Gasteiger partial charge in [0.05, 0.1) is 25.6 Å². The molecule has 2 rings (SSSR count). The molecular weight excluding hydrogens is 284 g/mol. The molecule has 2 aliphatic rings. The molecule has 22 heavy (non-hydrogen) atoms. The minimum absolute atomic E-state index is 0.0278. The summed E-state index contributed by atoms with van der Waals surface area (Å²) in [5.74, 6) is -1.16. The van der Waals surface area contributed by atoms with Crippen molar-refractivity contribution in [1.29, 1.82) is 0 Å². The van der Waals surface area contributed by atoms with Crippen molar-refractivity contribution in [3.63, 3.8) is 0 Å². The van der Waals surface area contributed by atoms with Gasteiger partial charge in [0, 0.05) is 12.8 Å². The first-order valence-electron chi connectivity index (χ1n) is 7.93. The molecule has 0 radical (unpaired) electrons. The van der Waals surface area contributed by atoms with Gasteiger partial charge in [-0.05, 0) is 38.0 Å². The summed E-state index contributed by atoms with van der Waals surface area (Å²) >= 11 is 0. The molecule has 0 spiro atoms. The average Bonchev–Trinajstić information content (AvgIpc) is 2.67. The molecule has 0 aromatic carbocycles. The lowest BCUT2D eigenvalue weighted by Gasteiger charge is -2.37. The zero-order chi connectivity index (χ0) is 16.3. The summed E-state index contributed by atoms with van der Waals surface area (Å²) in [5, 5.41) is 0. The molecule has 0 saturated heterocycles. The zero-order valence-electron chi connectivity index (χ0n) is 13.4. The summed E-state index contributed by atoms with van der Waals surface area (Å²) in [5.41, 5.74) is 0.500. The standard InChI is InChI=1S/C17H24O5/c1-4-21-15(19)7-14(16(20)22-5-2)17-8-11(3)12(9-17)6-13(18)10-17/h12,14H,3-10H2,1-2H3/t12-,14?,17+/m0/s1. The smallest absolute Gasteiger partial charge is 0.310 e. The first-order valence-corrected chi connectivity index (χ1v) is 7.93. The third kappa shape index (κ3) is 3.23. The number of ether oxygens (including phenoxy) is 2. The van der Waals surface area contributed by atoms with Crippen molar-refractivity contribution in [2.75, 3.05) is 13.2 Å². The summed E-state index contributed by atoms with van der Waals surface area (Å²) in [6.07, 6.45) is 2.16. The molecule has 122 valence electrons. The number of ketones is 1. The number of allylic oxidation sites excluding steroid dienone is 1. The van der Waals surface area contributed by atoms with Crippen molar-refractivity contribution in [3.05, 3.63) is 12.2 Å². The van der Waals surface area contributed by atoms with Gasteiger partial charge in [0.2, 0.25) is 0 Å². The van der Waals surface area contributed by atoms with Gasteiger partial charge in [-0.3, -0.25) is 14.4 Å². The number of Topliss-reactive ketones (excluding diaryl/α,β-unsaturated/α-hetero) is 1. The Morgan fingerprint density at radius 1 is 1.27 bits per heavy atom. The van der Waals surface area contributed by atoms with Gasteiger partial charge in [-0.15, -0.1) is 0 Å². The molecule has 0 heterocycles. The molecule has 2 aliphatic carbocycles. The summed E-state index contributed by atoms with van der Waals surface area (Å²) in [6, 6.07) is 0. The van der Waals surface area contributed by atoms with E-state index in [1.165, 1.54) is 0 Å². The fourth-order valence-electron chi connectivity index (χ4n) is 3.96. The largest absolute Gasteiger partial charge is 0.466 e. The molecule has 0 aliphatic heterocycles. The Labute approximate surface area is 131 Å². The maximum atomic E-state index is 12.4. The Kier molecular flexibility index (Phi) is 5.04. The Hall–Kier alpha value is -1.65. The second-order valence-electron chi connectivity index (χ2n) is 6.33. The Morgan fingerprint density at radius 2 is 1.95 bits per heavy atom. The Morgan fingerprint density at radius 3 is 2.59 bits per heavy atom. The van der Waals surface area contributed by atoms with Gasteiger partial charge in [-0.1, -0.05) is 12.2 Å². The average molecular weight is 308 g/mol. The van der Waals surface area contributed by atoms with Gasteiger partial charge in [0.15, 0.2) is 0 Å². The molecule has 0 aromatic rings. The van der Waals surface area contributed by atoms with Gasteiger partial charge in [-0.2, -0.15) is 0 Å². The zero-order valence-corrected chi connectivity index (χ0v) is 13.4. The summed E-state index contributed by atoms with van der Waals surface area (Å²) in [4.78, 5) is 36.4. The van der Waals surface area contributed by atoms with Crippen LogP contribution in [0.2, 0.25) is 0 Å². The van der Waals surface area contributed by atoms with Gasteiger partial charge < -0.3 is 9.47 Å². The second kappa shape index (κ2) is 6.63. The van der Waals surface area contributed by atoms with Crippen LogP contribution in [0.5, 0.6) is 0 Å². The van der Waals surface area contributed by atoms with Crippen molar-refractivity contribution >= 4 is 17.7 Å². The first kappa shape index (κ1) is 16.7. The molecule has 0 amide bonds. The van der Waals surface area contributed by atoms with Crippen LogP contribution in [0.25, 0.3) is 0 Å². The van der Waals surface area contributed by atoms with Crippen LogP contribution in [-0.2, 0) is 23.9 Å². The van der Waals surface area contributed by atoms with Gasteiger partial charge in [0.1, 0.15) is 5.78 Å². The maximum absolute atomic E-state index is 12.4. The van der Waals surface area contributed by atoms with Gasteiger partial charge in [0.25, 0.3) is 0 Å². The Balaban J connectivity index is 2.26. The van der Waals surface area contributed by atoms with E-state index >= 15 is 0 Å². The SMILES string of the molecule is C=C1C[C@]2(C(CC(=O)OCC)C(=O)OCC)CC(=O)C[C@H]1C2. The quantitative estimate of drug-likeness (QED) is 0.557. The maximum Gasteiger partial charge on any atom is 0.310 e. The van der Waals surface area contributed by atoms with Crippen LogP contribution in [0, 0.1) is 17.3 Å². The van der Waals surface area contributed by atoms with Crippen LogP contribution >= 0.6 is 0 Å². The minimum atomic E-state index is -0.627. The fraction of sp³-hybridized carbons (Fsp3) is 0.706. The third-order valence-corrected chi connectivity index (χ3v) is 4.82. The second-order valence-corrected chi connectivity index (χ2v) is 6.33. The topological polar surface area (TPSA) is 69.7 Å². The minimum Gasteiger partial charge on any atom is -0.466 e. The van der Waals surface area contributed by atoms with Crippen molar-refractivity contribution in [1.82, 2.24) is 0 Å². The van der Waals surface area contributed by atoms with Crippen molar-refractivity contribution in [2.24, 2.45) is 17.3 Å². The molecule has 0 N–H and O–H groups in total. The van der Waals surface area contributed by atoms with E-state index in [2.05, 4.69) is 6.58 Å². The summed E-state index contributed by atoms with van der Waals surface area (Å²) < 4.78 is 10.2. The molecule has 5 nitrogen and oxygen atoms in total. The lowest BCUT2D eigenvalue weighted by atomic mass is 9.65. The van der Waals surface area contributed by atoms with Crippen LogP contribution < -0.4 is 0 Å². The van der Waals surface area contributed by atoms with Crippen LogP contribution in [0.4, 0.5) is 0 Å². The van der Waals surface area contributed by atoms with E-state index < -0.39 is 23.3 Å². The lowest BCUT2D eigenvalue weighted by molar-refractivity contribution is -0.161. The molecule has 2 saturated carbocycles. The van der Waals surface area contributed by atoms with Crippen LogP contribution in [-0.4, -0.2) is 30.9 Å². The van der Waals surface area contributed by atoms with Crippen molar-refractivity contribution < 1.29 is 23.9 Å².